The first-order chi connectivity index (χ1) is 15.4. The van der Waals surface area contributed by atoms with E-state index in [9.17, 15) is 13.2 Å². The summed E-state index contributed by atoms with van der Waals surface area (Å²) in [5.74, 6) is 0.446. The number of piperidine rings is 2. The highest BCUT2D eigenvalue weighted by Crippen LogP contribution is 2.29. The van der Waals surface area contributed by atoms with Gasteiger partial charge in [0.1, 0.15) is 6.04 Å². The first-order valence-corrected chi connectivity index (χ1v) is 12.8. The van der Waals surface area contributed by atoms with Gasteiger partial charge in [-0.2, -0.15) is 9.29 Å². The van der Waals surface area contributed by atoms with E-state index in [1.54, 1.807) is 26.0 Å². The fraction of sp³-hybridized carbons (Fsp3) is 0.591. The van der Waals surface area contributed by atoms with E-state index in [0.29, 0.717) is 30.4 Å². The van der Waals surface area contributed by atoms with Gasteiger partial charge in [-0.25, -0.2) is 8.42 Å². The molecule has 2 fully saturated rings. The fourth-order valence-electron chi connectivity index (χ4n) is 4.35. The average molecular weight is 462 g/mol. The van der Waals surface area contributed by atoms with Crippen molar-refractivity contribution in [3.05, 3.63) is 35.5 Å². The van der Waals surface area contributed by atoms with Gasteiger partial charge in [-0.15, -0.1) is 0 Å². The van der Waals surface area contributed by atoms with E-state index in [0.717, 1.165) is 57.3 Å². The molecular formula is C22H31N5O4S. The zero-order valence-electron chi connectivity index (χ0n) is 18.7. The molecule has 1 unspecified atom stereocenters. The van der Waals surface area contributed by atoms with Gasteiger partial charge in [-0.3, -0.25) is 4.79 Å². The molecule has 1 aromatic carbocycles. The quantitative estimate of drug-likeness (QED) is 0.704. The first kappa shape index (κ1) is 22.7. The number of anilines is 1. The number of carbonyl (C=O) groups excluding carboxylic acids is 1. The van der Waals surface area contributed by atoms with Crippen molar-refractivity contribution in [1.82, 2.24) is 19.8 Å². The second-order valence-corrected chi connectivity index (χ2v) is 10.5. The number of hydrogen-bond donors (Lipinski definition) is 1. The Labute approximate surface area is 189 Å². The van der Waals surface area contributed by atoms with Crippen LogP contribution in [0.3, 0.4) is 0 Å². The van der Waals surface area contributed by atoms with Gasteiger partial charge in [0, 0.05) is 31.9 Å². The van der Waals surface area contributed by atoms with E-state index in [-0.39, 0.29) is 10.8 Å². The predicted octanol–water partition coefficient (Wildman–Crippen LogP) is 3.03. The molecule has 174 valence electrons. The van der Waals surface area contributed by atoms with Gasteiger partial charge in [0.15, 0.2) is 5.82 Å². The Morgan fingerprint density at radius 2 is 1.72 bits per heavy atom. The Hall–Kier alpha value is -2.46. The largest absolute Gasteiger partial charge is 0.371 e. The third-order valence-electron chi connectivity index (χ3n) is 6.12. The first-order valence-electron chi connectivity index (χ1n) is 11.4. The zero-order valence-corrected chi connectivity index (χ0v) is 19.5. The minimum atomic E-state index is -3.65. The lowest BCUT2D eigenvalue weighted by Crippen LogP contribution is -2.36. The van der Waals surface area contributed by atoms with Gasteiger partial charge in [0.2, 0.25) is 15.9 Å². The summed E-state index contributed by atoms with van der Waals surface area (Å²) in [7, 11) is -3.65. The molecule has 2 aliphatic heterocycles. The van der Waals surface area contributed by atoms with Crippen molar-refractivity contribution >= 4 is 21.6 Å². The van der Waals surface area contributed by atoms with Gasteiger partial charge in [0.05, 0.1) is 10.5 Å². The number of nitrogens with zero attached hydrogens (tertiary/aromatic N) is 4. The molecule has 2 aliphatic rings. The van der Waals surface area contributed by atoms with Crippen LogP contribution >= 0.6 is 0 Å². The van der Waals surface area contributed by atoms with Crippen molar-refractivity contribution in [3.63, 3.8) is 0 Å². The Morgan fingerprint density at radius 3 is 2.34 bits per heavy atom. The number of sulfonamides is 1. The second-order valence-electron chi connectivity index (χ2n) is 8.57. The van der Waals surface area contributed by atoms with E-state index >= 15 is 0 Å². The van der Waals surface area contributed by atoms with Gasteiger partial charge in [0.25, 0.3) is 5.91 Å². The lowest BCUT2D eigenvalue weighted by molar-refractivity contribution is 0.0932. The summed E-state index contributed by atoms with van der Waals surface area (Å²) >= 11 is 0. The van der Waals surface area contributed by atoms with Gasteiger partial charge < -0.3 is 14.7 Å². The van der Waals surface area contributed by atoms with Crippen LogP contribution in [-0.2, 0) is 10.0 Å². The van der Waals surface area contributed by atoms with Crippen molar-refractivity contribution in [2.75, 3.05) is 31.1 Å². The Balaban J connectivity index is 1.66. The summed E-state index contributed by atoms with van der Waals surface area (Å²) in [5, 5.41) is 6.67. The number of benzene rings is 1. The number of nitrogens with one attached hydrogen (secondary N) is 1. The number of aromatic nitrogens is 2. The highest BCUT2D eigenvalue weighted by atomic mass is 32.2. The van der Waals surface area contributed by atoms with Crippen LogP contribution in [0.4, 0.5) is 5.69 Å². The third-order valence-corrected chi connectivity index (χ3v) is 8.02. The number of aryl methyl sites for hydroxylation is 1. The lowest BCUT2D eigenvalue weighted by Gasteiger charge is -2.31. The predicted molar refractivity (Wildman–Crippen MR) is 120 cm³/mol. The summed E-state index contributed by atoms with van der Waals surface area (Å²) in [6.45, 7) is 6.20. The molecule has 9 nitrogen and oxygen atoms in total. The van der Waals surface area contributed by atoms with E-state index < -0.39 is 16.1 Å². The maximum absolute atomic E-state index is 13.3. The highest BCUT2D eigenvalue weighted by Gasteiger charge is 2.29. The smallest absolute Gasteiger partial charge is 0.254 e. The van der Waals surface area contributed by atoms with E-state index in [1.165, 1.54) is 10.4 Å². The normalized spacial score (nSPS) is 19.0. The van der Waals surface area contributed by atoms with Crippen LogP contribution in [0.1, 0.15) is 73.6 Å². The van der Waals surface area contributed by atoms with E-state index in [4.69, 9.17) is 4.52 Å². The van der Waals surface area contributed by atoms with Crippen LogP contribution < -0.4 is 10.2 Å². The molecule has 2 saturated heterocycles. The molecule has 0 spiro atoms. The standard InChI is InChI=1S/C22H31N5O4S/c1-16(22-24-17(2)25-31-22)23-21(28)19-15-18(32(29,30)27-13-7-4-8-14-27)9-10-20(19)26-11-5-3-6-12-26/h9-10,15-16H,3-8,11-14H2,1-2H3,(H,23,28). The minimum absolute atomic E-state index is 0.159. The van der Waals surface area contributed by atoms with Crippen molar-refractivity contribution in [2.24, 2.45) is 0 Å². The molecular weight excluding hydrogens is 430 g/mol. The Morgan fingerprint density at radius 1 is 1.06 bits per heavy atom. The maximum Gasteiger partial charge on any atom is 0.254 e. The maximum atomic E-state index is 13.3. The van der Waals surface area contributed by atoms with Crippen LogP contribution in [0.15, 0.2) is 27.6 Å². The molecule has 1 N–H and O–H groups in total. The molecule has 1 amide bonds. The van der Waals surface area contributed by atoms with E-state index in [2.05, 4.69) is 20.4 Å². The molecule has 2 aromatic rings. The summed E-state index contributed by atoms with van der Waals surface area (Å²) in [6, 6.07) is 4.43. The molecule has 10 heteroatoms. The van der Waals surface area contributed by atoms with Crippen molar-refractivity contribution < 1.29 is 17.7 Å². The van der Waals surface area contributed by atoms with Crippen LogP contribution in [0.25, 0.3) is 0 Å². The zero-order chi connectivity index (χ0) is 22.7. The monoisotopic (exact) mass is 461 g/mol. The summed E-state index contributed by atoms with van der Waals surface area (Å²) in [6.07, 6.45) is 6.02. The highest BCUT2D eigenvalue weighted by molar-refractivity contribution is 7.89. The van der Waals surface area contributed by atoms with E-state index in [1.807, 2.05) is 0 Å². The Kier molecular flexibility index (Phi) is 6.80. The molecule has 1 atom stereocenters. The number of carbonyl (C=O) groups is 1. The number of amides is 1. The topological polar surface area (TPSA) is 109 Å². The van der Waals surface area contributed by atoms with Crippen LogP contribution in [0.2, 0.25) is 0 Å². The number of hydrogen-bond acceptors (Lipinski definition) is 7. The van der Waals surface area contributed by atoms with Crippen molar-refractivity contribution in [1.29, 1.82) is 0 Å². The third kappa shape index (κ3) is 4.80. The fourth-order valence-corrected chi connectivity index (χ4v) is 5.89. The minimum Gasteiger partial charge on any atom is -0.371 e. The van der Waals surface area contributed by atoms with Gasteiger partial charge in [-0.1, -0.05) is 11.6 Å². The van der Waals surface area contributed by atoms with Gasteiger partial charge in [-0.05, 0) is 64.2 Å². The molecule has 0 bridgehead atoms. The van der Waals surface area contributed by atoms with Crippen LogP contribution in [-0.4, -0.2) is 54.9 Å². The molecule has 0 aliphatic carbocycles. The van der Waals surface area contributed by atoms with Crippen LogP contribution in [0.5, 0.6) is 0 Å². The summed E-state index contributed by atoms with van der Waals surface area (Å²) < 4.78 is 33.2. The molecule has 4 rings (SSSR count). The van der Waals surface area contributed by atoms with Crippen molar-refractivity contribution in [2.45, 2.75) is 63.3 Å². The second kappa shape index (κ2) is 9.58. The molecule has 3 heterocycles. The molecule has 32 heavy (non-hydrogen) atoms. The molecule has 1 aromatic heterocycles. The lowest BCUT2D eigenvalue weighted by atomic mass is 10.1. The Bertz CT molecular complexity index is 1060. The SMILES string of the molecule is Cc1noc(C(C)NC(=O)c2cc(S(=O)(=O)N3CCCCC3)ccc2N2CCCCC2)n1. The molecule has 0 saturated carbocycles. The average Bonchev–Trinajstić information content (AvgIpc) is 3.26. The van der Waals surface area contributed by atoms with Gasteiger partial charge >= 0.3 is 0 Å². The summed E-state index contributed by atoms with van der Waals surface area (Å²) in [4.78, 5) is 19.8. The van der Waals surface area contributed by atoms with Crippen LogP contribution in [0, 0.1) is 6.92 Å². The van der Waals surface area contributed by atoms with Crippen molar-refractivity contribution in [3.8, 4) is 0 Å². The summed E-state index contributed by atoms with van der Waals surface area (Å²) in [5.41, 5.74) is 1.11. The number of rotatable bonds is 6. The molecule has 0 radical (unpaired) electrons.